The summed E-state index contributed by atoms with van der Waals surface area (Å²) in [5, 5.41) is 13.7. The zero-order valence-corrected chi connectivity index (χ0v) is 20.1. The van der Waals surface area contributed by atoms with Gasteiger partial charge in [-0.2, -0.15) is 4.98 Å². The molecule has 0 unspecified atom stereocenters. The van der Waals surface area contributed by atoms with Crippen LogP contribution >= 0.6 is 15.9 Å². The molecular formula is C22H28BrN5O4. The van der Waals surface area contributed by atoms with Crippen molar-refractivity contribution < 1.29 is 9.84 Å². The predicted octanol–water partition coefficient (Wildman–Crippen LogP) is 2.54. The van der Waals surface area contributed by atoms with Gasteiger partial charge in [0, 0.05) is 13.1 Å². The SMILES string of the molecule is CCn1c(=O)c2c(nc(N[C@@H]3CCC[C@H]3O)n2Cc2ccc(OC)c(Br)c2)n(CC)c1=O. The van der Waals surface area contributed by atoms with Gasteiger partial charge in [0.05, 0.1) is 30.3 Å². The van der Waals surface area contributed by atoms with E-state index in [2.05, 4.69) is 26.2 Å². The Bertz CT molecular complexity index is 1260. The van der Waals surface area contributed by atoms with Crippen LogP contribution in [0.4, 0.5) is 5.95 Å². The minimum absolute atomic E-state index is 0.150. The number of ether oxygens (including phenoxy) is 1. The highest BCUT2D eigenvalue weighted by atomic mass is 79.9. The van der Waals surface area contributed by atoms with Gasteiger partial charge in [-0.1, -0.05) is 6.07 Å². The van der Waals surface area contributed by atoms with Gasteiger partial charge in [-0.3, -0.25) is 18.5 Å². The molecule has 0 saturated heterocycles. The van der Waals surface area contributed by atoms with Crippen molar-refractivity contribution in [3.05, 3.63) is 49.1 Å². The van der Waals surface area contributed by atoms with Gasteiger partial charge >= 0.3 is 5.69 Å². The second kappa shape index (κ2) is 9.11. The number of imidazole rings is 1. The lowest BCUT2D eigenvalue weighted by Gasteiger charge is -2.18. The molecule has 10 heteroatoms. The molecule has 0 aliphatic heterocycles. The summed E-state index contributed by atoms with van der Waals surface area (Å²) in [6, 6.07) is 5.58. The average Bonchev–Trinajstić information content (AvgIpc) is 3.33. The van der Waals surface area contributed by atoms with Crippen molar-refractivity contribution >= 4 is 33.0 Å². The van der Waals surface area contributed by atoms with Gasteiger partial charge < -0.3 is 15.2 Å². The molecule has 3 aromatic rings. The van der Waals surface area contributed by atoms with Crippen LogP contribution in [0.1, 0.15) is 38.7 Å². The standard InChI is InChI=1S/C22H28BrN5O4/c1-4-26-19-18(20(30)27(5-2)22(26)31)28(12-13-9-10-17(32-3)14(23)11-13)21(25-19)24-15-7-6-8-16(15)29/h9-11,15-16,29H,4-8,12H2,1-3H3,(H,24,25)/t15-,16-/m1/s1. The summed E-state index contributed by atoms with van der Waals surface area (Å²) in [7, 11) is 1.61. The Kier molecular flexibility index (Phi) is 6.43. The van der Waals surface area contributed by atoms with E-state index in [1.807, 2.05) is 29.7 Å². The van der Waals surface area contributed by atoms with Crippen LogP contribution in [0, 0.1) is 0 Å². The molecule has 2 heterocycles. The summed E-state index contributed by atoms with van der Waals surface area (Å²) in [5.74, 6) is 1.19. The van der Waals surface area contributed by atoms with Crippen molar-refractivity contribution in [2.45, 2.75) is 64.9 Å². The Morgan fingerprint density at radius 1 is 1.19 bits per heavy atom. The maximum absolute atomic E-state index is 13.3. The Labute approximate surface area is 193 Å². The number of nitrogens with one attached hydrogen (secondary N) is 1. The Morgan fingerprint density at radius 3 is 2.53 bits per heavy atom. The Balaban J connectivity index is 1.92. The number of nitrogens with zero attached hydrogens (tertiary/aromatic N) is 4. The van der Waals surface area contributed by atoms with Gasteiger partial charge in [0.2, 0.25) is 5.95 Å². The first-order valence-corrected chi connectivity index (χ1v) is 11.7. The number of aryl methyl sites for hydroxylation is 1. The van der Waals surface area contributed by atoms with E-state index in [9.17, 15) is 14.7 Å². The van der Waals surface area contributed by atoms with Gasteiger partial charge in [0.1, 0.15) is 5.75 Å². The monoisotopic (exact) mass is 505 g/mol. The lowest BCUT2D eigenvalue weighted by molar-refractivity contribution is 0.171. The zero-order valence-electron chi connectivity index (χ0n) is 18.5. The third-order valence-electron chi connectivity index (χ3n) is 6.10. The molecule has 0 bridgehead atoms. The molecule has 1 aliphatic rings. The smallest absolute Gasteiger partial charge is 0.332 e. The highest BCUT2D eigenvalue weighted by Crippen LogP contribution is 2.28. The molecular weight excluding hydrogens is 478 g/mol. The number of hydrogen-bond donors (Lipinski definition) is 2. The van der Waals surface area contributed by atoms with E-state index in [1.165, 1.54) is 9.13 Å². The Morgan fingerprint density at radius 2 is 1.94 bits per heavy atom. The van der Waals surface area contributed by atoms with Gasteiger partial charge in [-0.25, -0.2) is 4.79 Å². The second-order valence-corrected chi connectivity index (χ2v) is 8.84. The highest BCUT2D eigenvalue weighted by Gasteiger charge is 2.28. The van der Waals surface area contributed by atoms with Crippen molar-refractivity contribution in [2.75, 3.05) is 12.4 Å². The second-order valence-electron chi connectivity index (χ2n) is 7.99. The van der Waals surface area contributed by atoms with Crippen LogP contribution in [0.3, 0.4) is 0 Å². The number of aliphatic hydroxyl groups is 1. The molecule has 1 fully saturated rings. The quantitative estimate of drug-likeness (QED) is 0.511. The molecule has 9 nitrogen and oxygen atoms in total. The topological polar surface area (TPSA) is 103 Å². The summed E-state index contributed by atoms with van der Waals surface area (Å²) in [6.07, 6.45) is 2.00. The summed E-state index contributed by atoms with van der Waals surface area (Å²) in [6.45, 7) is 4.68. The third kappa shape index (κ3) is 3.86. The number of aliphatic hydroxyl groups excluding tert-OH is 1. The highest BCUT2D eigenvalue weighted by molar-refractivity contribution is 9.10. The van der Waals surface area contributed by atoms with Gasteiger partial charge in [0.25, 0.3) is 5.56 Å². The molecule has 32 heavy (non-hydrogen) atoms. The molecule has 172 valence electrons. The summed E-state index contributed by atoms with van der Waals surface area (Å²) < 4.78 is 10.7. The summed E-state index contributed by atoms with van der Waals surface area (Å²) in [5.41, 5.74) is 0.933. The first kappa shape index (κ1) is 22.6. The van der Waals surface area contributed by atoms with E-state index in [0.29, 0.717) is 36.0 Å². The number of benzene rings is 1. The van der Waals surface area contributed by atoms with E-state index in [1.54, 1.807) is 14.0 Å². The van der Waals surface area contributed by atoms with Crippen LogP contribution in [-0.4, -0.2) is 43.0 Å². The lowest BCUT2D eigenvalue weighted by Crippen LogP contribution is -2.40. The molecule has 2 N–H and O–H groups in total. The number of anilines is 1. The fourth-order valence-electron chi connectivity index (χ4n) is 4.38. The van der Waals surface area contributed by atoms with E-state index in [4.69, 9.17) is 4.74 Å². The van der Waals surface area contributed by atoms with Crippen LogP contribution in [0.2, 0.25) is 0 Å². The van der Waals surface area contributed by atoms with Crippen LogP contribution < -0.4 is 21.3 Å². The number of methoxy groups -OCH3 is 1. The van der Waals surface area contributed by atoms with Crippen molar-refractivity contribution in [2.24, 2.45) is 0 Å². The molecule has 2 atom stereocenters. The van der Waals surface area contributed by atoms with Crippen molar-refractivity contribution in [3.63, 3.8) is 0 Å². The molecule has 4 rings (SSSR count). The lowest BCUT2D eigenvalue weighted by atomic mass is 10.2. The molecule has 2 aromatic heterocycles. The molecule has 0 amide bonds. The zero-order chi connectivity index (χ0) is 23.0. The van der Waals surface area contributed by atoms with Crippen molar-refractivity contribution in [3.8, 4) is 5.75 Å². The number of rotatable bonds is 7. The maximum atomic E-state index is 13.3. The number of aromatic nitrogens is 4. The number of halogens is 1. The molecule has 0 radical (unpaired) electrons. The minimum atomic E-state index is -0.473. The number of fused-ring (bicyclic) bond motifs is 1. The minimum Gasteiger partial charge on any atom is -0.496 e. The van der Waals surface area contributed by atoms with Gasteiger partial charge in [-0.15, -0.1) is 0 Å². The fraction of sp³-hybridized carbons (Fsp3) is 0.500. The molecule has 1 saturated carbocycles. The summed E-state index contributed by atoms with van der Waals surface area (Å²) >= 11 is 3.52. The van der Waals surface area contributed by atoms with E-state index >= 15 is 0 Å². The molecule has 1 aromatic carbocycles. The maximum Gasteiger partial charge on any atom is 0.332 e. The largest absolute Gasteiger partial charge is 0.496 e. The van der Waals surface area contributed by atoms with Crippen LogP contribution in [0.25, 0.3) is 11.2 Å². The van der Waals surface area contributed by atoms with Crippen LogP contribution in [0.15, 0.2) is 32.3 Å². The Hall–Kier alpha value is -2.59. The van der Waals surface area contributed by atoms with Crippen molar-refractivity contribution in [1.82, 2.24) is 18.7 Å². The van der Waals surface area contributed by atoms with Crippen LogP contribution in [-0.2, 0) is 19.6 Å². The average molecular weight is 506 g/mol. The van der Waals surface area contributed by atoms with E-state index in [-0.39, 0.29) is 23.8 Å². The number of hydrogen-bond acceptors (Lipinski definition) is 6. The normalized spacial score (nSPS) is 18.4. The molecule has 0 spiro atoms. The van der Waals surface area contributed by atoms with E-state index in [0.717, 1.165) is 29.3 Å². The fourth-order valence-corrected chi connectivity index (χ4v) is 4.97. The first-order chi connectivity index (χ1) is 15.4. The van der Waals surface area contributed by atoms with Crippen LogP contribution in [0.5, 0.6) is 5.75 Å². The van der Waals surface area contributed by atoms with E-state index < -0.39 is 6.10 Å². The first-order valence-electron chi connectivity index (χ1n) is 10.9. The summed E-state index contributed by atoms with van der Waals surface area (Å²) in [4.78, 5) is 30.9. The van der Waals surface area contributed by atoms with Crippen molar-refractivity contribution in [1.29, 1.82) is 0 Å². The van der Waals surface area contributed by atoms with Gasteiger partial charge in [-0.05, 0) is 66.7 Å². The van der Waals surface area contributed by atoms with Gasteiger partial charge in [0.15, 0.2) is 11.2 Å². The predicted molar refractivity (Wildman–Crippen MR) is 127 cm³/mol. The molecule has 1 aliphatic carbocycles. The third-order valence-corrected chi connectivity index (χ3v) is 6.72.